The van der Waals surface area contributed by atoms with Crippen LogP contribution in [0.25, 0.3) is 0 Å². The summed E-state index contributed by atoms with van der Waals surface area (Å²) in [6.45, 7) is 0. The van der Waals surface area contributed by atoms with E-state index in [1.54, 1.807) is 30.3 Å². The number of hydrogen-bond donors (Lipinski definition) is 1. The van der Waals surface area contributed by atoms with Gasteiger partial charge in [-0.05, 0) is 18.2 Å². The number of carbonyl (C=O) groups excluding carboxylic acids is 1. The normalized spacial score (nSPS) is 9.95. The van der Waals surface area contributed by atoms with Crippen LogP contribution in [-0.4, -0.2) is 25.1 Å². The van der Waals surface area contributed by atoms with Gasteiger partial charge in [0.1, 0.15) is 11.3 Å². The van der Waals surface area contributed by atoms with E-state index in [0.29, 0.717) is 22.3 Å². The SMILES string of the molecule is COc1cc(NC(=O)c2c(Cl)cccc2OC)ccn1. The van der Waals surface area contributed by atoms with E-state index in [-0.39, 0.29) is 11.5 Å². The fourth-order valence-electron chi connectivity index (χ4n) is 1.69. The van der Waals surface area contributed by atoms with Crippen LogP contribution in [0, 0.1) is 0 Å². The summed E-state index contributed by atoms with van der Waals surface area (Å²) in [5.41, 5.74) is 0.844. The Morgan fingerprint density at radius 2 is 2.05 bits per heavy atom. The molecule has 1 amide bonds. The lowest BCUT2D eigenvalue weighted by molar-refractivity contribution is 0.102. The van der Waals surface area contributed by atoms with Gasteiger partial charge in [0.05, 0.1) is 19.2 Å². The van der Waals surface area contributed by atoms with Crippen molar-refractivity contribution in [2.45, 2.75) is 0 Å². The van der Waals surface area contributed by atoms with Crippen molar-refractivity contribution in [3.63, 3.8) is 0 Å². The fraction of sp³-hybridized carbons (Fsp3) is 0.143. The van der Waals surface area contributed by atoms with Crippen LogP contribution < -0.4 is 14.8 Å². The summed E-state index contributed by atoms with van der Waals surface area (Å²) in [7, 11) is 2.99. The summed E-state index contributed by atoms with van der Waals surface area (Å²) in [5, 5.41) is 3.05. The molecule has 5 nitrogen and oxygen atoms in total. The van der Waals surface area contributed by atoms with Crippen LogP contribution in [0.5, 0.6) is 11.6 Å². The van der Waals surface area contributed by atoms with Gasteiger partial charge < -0.3 is 14.8 Å². The number of rotatable bonds is 4. The molecular weight excluding hydrogens is 280 g/mol. The molecule has 0 atom stereocenters. The Morgan fingerprint density at radius 3 is 2.75 bits per heavy atom. The summed E-state index contributed by atoms with van der Waals surface area (Å²) in [4.78, 5) is 16.2. The predicted molar refractivity (Wildman–Crippen MR) is 76.7 cm³/mol. The van der Waals surface area contributed by atoms with Crippen molar-refractivity contribution in [2.75, 3.05) is 19.5 Å². The molecule has 20 heavy (non-hydrogen) atoms. The monoisotopic (exact) mass is 292 g/mol. The van der Waals surface area contributed by atoms with Crippen molar-refractivity contribution in [1.82, 2.24) is 4.98 Å². The Kier molecular flexibility index (Phi) is 4.42. The highest BCUT2D eigenvalue weighted by Crippen LogP contribution is 2.27. The lowest BCUT2D eigenvalue weighted by atomic mass is 10.2. The number of carbonyl (C=O) groups is 1. The molecule has 0 aliphatic carbocycles. The molecule has 1 N–H and O–H groups in total. The number of anilines is 1. The van der Waals surface area contributed by atoms with E-state index in [2.05, 4.69) is 10.3 Å². The van der Waals surface area contributed by atoms with Crippen LogP contribution >= 0.6 is 11.6 Å². The number of nitrogens with one attached hydrogen (secondary N) is 1. The minimum atomic E-state index is -0.360. The molecule has 0 aliphatic heterocycles. The van der Waals surface area contributed by atoms with Gasteiger partial charge in [-0.3, -0.25) is 4.79 Å². The molecule has 0 bridgehead atoms. The van der Waals surface area contributed by atoms with Gasteiger partial charge in [0.2, 0.25) is 5.88 Å². The number of methoxy groups -OCH3 is 2. The number of amides is 1. The molecule has 2 rings (SSSR count). The summed E-state index contributed by atoms with van der Waals surface area (Å²) < 4.78 is 10.1. The Bertz CT molecular complexity index is 632. The van der Waals surface area contributed by atoms with Crippen LogP contribution in [0.2, 0.25) is 5.02 Å². The van der Waals surface area contributed by atoms with Crippen LogP contribution in [-0.2, 0) is 0 Å². The fourth-order valence-corrected chi connectivity index (χ4v) is 1.94. The van der Waals surface area contributed by atoms with E-state index in [1.165, 1.54) is 20.4 Å². The second kappa shape index (κ2) is 6.25. The molecule has 0 fully saturated rings. The van der Waals surface area contributed by atoms with Crippen molar-refractivity contribution in [2.24, 2.45) is 0 Å². The van der Waals surface area contributed by atoms with Gasteiger partial charge in [0.15, 0.2) is 0 Å². The molecule has 1 aromatic carbocycles. The zero-order valence-electron chi connectivity index (χ0n) is 11.0. The number of aromatic nitrogens is 1. The molecule has 2 aromatic rings. The van der Waals surface area contributed by atoms with E-state index in [9.17, 15) is 4.79 Å². The predicted octanol–water partition coefficient (Wildman–Crippen LogP) is 3.00. The number of nitrogens with zero attached hydrogens (tertiary/aromatic N) is 1. The third kappa shape index (κ3) is 3.00. The Labute approximate surface area is 121 Å². The number of pyridine rings is 1. The first-order valence-corrected chi connectivity index (χ1v) is 6.17. The Hall–Kier alpha value is -2.27. The smallest absolute Gasteiger partial charge is 0.260 e. The van der Waals surface area contributed by atoms with Crippen molar-refractivity contribution >= 4 is 23.2 Å². The average Bonchev–Trinajstić information content (AvgIpc) is 2.46. The van der Waals surface area contributed by atoms with Crippen LogP contribution in [0.3, 0.4) is 0 Å². The molecule has 0 radical (unpaired) electrons. The molecule has 0 unspecified atom stereocenters. The quantitative estimate of drug-likeness (QED) is 0.941. The first-order chi connectivity index (χ1) is 9.65. The maximum absolute atomic E-state index is 12.3. The minimum absolute atomic E-state index is 0.285. The van der Waals surface area contributed by atoms with Crippen molar-refractivity contribution in [3.8, 4) is 11.6 Å². The minimum Gasteiger partial charge on any atom is -0.496 e. The van der Waals surface area contributed by atoms with Crippen molar-refractivity contribution in [1.29, 1.82) is 0 Å². The number of hydrogen-bond acceptors (Lipinski definition) is 4. The second-order valence-corrected chi connectivity index (χ2v) is 4.27. The summed E-state index contributed by atoms with van der Waals surface area (Å²) in [6, 6.07) is 8.29. The molecule has 0 saturated carbocycles. The van der Waals surface area contributed by atoms with E-state index >= 15 is 0 Å². The van der Waals surface area contributed by atoms with E-state index in [0.717, 1.165) is 0 Å². The third-order valence-corrected chi connectivity index (χ3v) is 2.94. The van der Waals surface area contributed by atoms with Gasteiger partial charge in [-0.25, -0.2) is 4.98 Å². The zero-order valence-corrected chi connectivity index (χ0v) is 11.8. The molecule has 104 valence electrons. The van der Waals surface area contributed by atoms with Crippen LogP contribution in [0.15, 0.2) is 36.5 Å². The van der Waals surface area contributed by atoms with Crippen molar-refractivity contribution in [3.05, 3.63) is 47.1 Å². The van der Waals surface area contributed by atoms with Crippen molar-refractivity contribution < 1.29 is 14.3 Å². The largest absolute Gasteiger partial charge is 0.496 e. The first-order valence-electron chi connectivity index (χ1n) is 5.79. The van der Waals surface area contributed by atoms with Gasteiger partial charge in [-0.1, -0.05) is 17.7 Å². The number of ether oxygens (including phenoxy) is 2. The molecule has 1 aromatic heterocycles. The highest BCUT2D eigenvalue weighted by atomic mass is 35.5. The van der Waals surface area contributed by atoms with Gasteiger partial charge in [0.25, 0.3) is 5.91 Å². The van der Waals surface area contributed by atoms with Gasteiger partial charge in [-0.2, -0.15) is 0 Å². The average molecular weight is 293 g/mol. The summed E-state index contributed by atoms with van der Waals surface area (Å²) >= 11 is 6.05. The number of benzene rings is 1. The molecule has 1 heterocycles. The lowest BCUT2D eigenvalue weighted by Gasteiger charge is -2.11. The summed E-state index contributed by atoms with van der Waals surface area (Å²) in [5.74, 6) is 0.464. The topological polar surface area (TPSA) is 60.5 Å². The maximum Gasteiger partial charge on any atom is 0.260 e. The van der Waals surface area contributed by atoms with E-state index in [1.807, 2.05) is 0 Å². The zero-order chi connectivity index (χ0) is 14.5. The molecular formula is C14H13ClN2O3. The van der Waals surface area contributed by atoms with Gasteiger partial charge in [-0.15, -0.1) is 0 Å². The molecule has 0 saturated heterocycles. The maximum atomic E-state index is 12.3. The lowest BCUT2D eigenvalue weighted by Crippen LogP contribution is -2.14. The molecule has 6 heteroatoms. The first kappa shape index (κ1) is 14.1. The molecule has 0 aliphatic rings. The van der Waals surface area contributed by atoms with Gasteiger partial charge >= 0.3 is 0 Å². The van der Waals surface area contributed by atoms with E-state index in [4.69, 9.17) is 21.1 Å². The third-order valence-electron chi connectivity index (χ3n) is 2.62. The van der Waals surface area contributed by atoms with Gasteiger partial charge in [0, 0.05) is 18.0 Å². The second-order valence-electron chi connectivity index (χ2n) is 3.86. The highest BCUT2D eigenvalue weighted by molar-refractivity contribution is 6.34. The van der Waals surface area contributed by atoms with Crippen LogP contribution in [0.1, 0.15) is 10.4 Å². The summed E-state index contributed by atoms with van der Waals surface area (Å²) in [6.07, 6.45) is 1.54. The molecule has 0 spiro atoms. The van der Waals surface area contributed by atoms with Crippen LogP contribution in [0.4, 0.5) is 5.69 Å². The van der Waals surface area contributed by atoms with E-state index < -0.39 is 0 Å². The standard InChI is InChI=1S/C14H13ClN2O3/c1-19-11-5-3-4-10(15)13(11)14(18)17-9-6-7-16-12(8-9)20-2/h3-8H,1-2H3,(H,16,17,18). The number of halogens is 1. The highest BCUT2D eigenvalue weighted by Gasteiger charge is 2.16. The Morgan fingerprint density at radius 1 is 1.25 bits per heavy atom. The Balaban J connectivity index is 2.28.